The Morgan fingerprint density at radius 2 is 1.95 bits per heavy atom. The van der Waals surface area contributed by atoms with Crippen molar-refractivity contribution in [2.45, 2.75) is 13.1 Å². The Labute approximate surface area is 113 Å². The number of anilines is 1. The molecule has 0 amide bonds. The molecule has 20 heavy (non-hydrogen) atoms. The summed E-state index contributed by atoms with van der Waals surface area (Å²) in [6, 6.07) is 6.38. The van der Waals surface area contributed by atoms with Gasteiger partial charge in [0.15, 0.2) is 0 Å². The van der Waals surface area contributed by atoms with Gasteiger partial charge in [0, 0.05) is 18.8 Å². The van der Waals surface area contributed by atoms with Crippen LogP contribution < -0.4 is 10.1 Å². The van der Waals surface area contributed by atoms with E-state index in [1.165, 1.54) is 30.5 Å². The number of nitrogens with zero attached hydrogens (tertiary/aromatic N) is 2. The number of benzene rings is 1. The Kier molecular flexibility index (Phi) is 4.07. The number of rotatable bonds is 4. The maximum atomic E-state index is 12.8. The second kappa shape index (κ2) is 5.77. The lowest BCUT2D eigenvalue weighted by molar-refractivity contribution is -0.138. The van der Waals surface area contributed by atoms with Crippen molar-refractivity contribution in [1.82, 2.24) is 9.97 Å². The number of para-hydroxylation sites is 1. The van der Waals surface area contributed by atoms with Gasteiger partial charge in [-0.15, -0.1) is 0 Å². The molecule has 0 radical (unpaired) electrons. The fraction of sp³-hybridized carbons (Fsp3) is 0.231. The fourth-order valence-corrected chi connectivity index (χ4v) is 1.54. The lowest BCUT2D eigenvalue weighted by Gasteiger charge is -2.13. The van der Waals surface area contributed by atoms with Gasteiger partial charge in [-0.05, 0) is 19.1 Å². The molecule has 0 spiro atoms. The van der Waals surface area contributed by atoms with E-state index in [0.717, 1.165) is 6.07 Å². The standard InChI is InChI=1S/C13H12F3N3O/c1-2-17-12-18-8-7-11(19-12)20-10-6-4-3-5-9(10)13(14,15)16/h3-8H,2H2,1H3,(H,17,18,19). The van der Waals surface area contributed by atoms with Gasteiger partial charge < -0.3 is 10.1 Å². The van der Waals surface area contributed by atoms with Gasteiger partial charge in [0.05, 0.1) is 5.56 Å². The molecule has 0 atom stereocenters. The molecule has 1 N–H and O–H groups in total. The third-order valence-corrected chi connectivity index (χ3v) is 2.37. The van der Waals surface area contributed by atoms with E-state index in [2.05, 4.69) is 15.3 Å². The Balaban J connectivity index is 2.28. The monoisotopic (exact) mass is 283 g/mol. The fourth-order valence-electron chi connectivity index (χ4n) is 1.54. The molecular weight excluding hydrogens is 271 g/mol. The van der Waals surface area contributed by atoms with Crippen molar-refractivity contribution in [1.29, 1.82) is 0 Å². The average molecular weight is 283 g/mol. The van der Waals surface area contributed by atoms with Crippen LogP contribution >= 0.6 is 0 Å². The number of nitrogens with one attached hydrogen (secondary N) is 1. The van der Waals surface area contributed by atoms with Crippen LogP contribution in [0.3, 0.4) is 0 Å². The van der Waals surface area contributed by atoms with E-state index >= 15 is 0 Å². The molecule has 0 unspecified atom stereocenters. The van der Waals surface area contributed by atoms with Crippen LogP contribution in [0.25, 0.3) is 0 Å². The summed E-state index contributed by atoms with van der Waals surface area (Å²) in [6.07, 6.45) is -3.06. The Bertz CT molecular complexity index is 587. The first-order valence-electron chi connectivity index (χ1n) is 5.91. The SMILES string of the molecule is CCNc1nccc(Oc2ccccc2C(F)(F)F)n1. The molecule has 0 saturated heterocycles. The second-order valence-electron chi connectivity index (χ2n) is 3.84. The number of aromatic nitrogens is 2. The van der Waals surface area contributed by atoms with Crippen LogP contribution in [0, 0.1) is 0 Å². The second-order valence-corrected chi connectivity index (χ2v) is 3.84. The third kappa shape index (κ3) is 3.37. The van der Waals surface area contributed by atoms with Gasteiger partial charge in [0.25, 0.3) is 0 Å². The van der Waals surface area contributed by atoms with Gasteiger partial charge >= 0.3 is 6.18 Å². The average Bonchev–Trinajstić information content (AvgIpc) is 2.39. The lowest BCUT2D eigenvalue weighted by Crippen LogP contribution is -2.07. The highest BCUT2D eigenvalue weighted by Crippen LogP contribution is 2.37. The number of alkyl halides is 3. The lowest BCUT2D eigenvalue weighted by atomic mass is 10.2. The van der Waals surface area contributed by atoms with E-state index in [9.17, 15) is 13.2 Å². The molecule has 0 aliphatic carbocycles. The van der Waals surface area contributed by atoms with Crippen LogP contribution in [-0.4, -0.2) is 16.5 Å². The Morgan fingerprint density at radius 3 is 2.65 bits per heavy atom. The highest BCUT2D eigenvalue weighted by molar-refractivity contribution is 5.38. The summed E-state index contributed by atoms with van der Waals surface area (Å²) in [7, 11) is 0. The first-order chi connectivity index (χ1) is 9.50. The summed E-state index contributed by atoms with van der Waals surface area (Å²) >= 11 is 0. The maximum absolute atomic E-state index is 12.8. The minimum atomic E-state index is -4.48. The molecule has 0 bridgehead atoms. The van der Waals surface area contributed by atoms with Crippen molar-refractivity contribution in [3.63, 3.8) is 0 Å². The van der Waals surface area contributed by atoms with E-state index in [1.54, 1.807) is 0 Å². The predicted molar refractivity (Wildman–Crippen MR) is 67.7 cm³/mol. The van der Waals surface area contributed by atoms with Gasteiger partial charge in [-0.3, -0.25) is 0 Å². The molecule has 7 heteroatoms. The number of hydrogen-bond donors (Lipinski definition) is 1. The molecule has 106 valence electrons. The van der Waals surface area contributed by atoms with Crippen LogP contribution in [0.2, 0.25) is 0 Å². The van der Waals surface area contributed by atoms with E-state index in [4.69, 9.17) is 4.74 Å². The maximum Gasteiger partial charge on any atom is 0.419 e. The highest BCUT2D eigenvalue weighted by Gasteiger charge is 2.34. The summed E-state index contributed by atoms with van der Waals surface area (Å²) < 4.78 is 43.7. The largest absolute Gasteiger partial charge is 0.438 e. The zero-order valence-electron chi connectivity index (χ0n) is 10.6. The van der Waals surface area contributed by atoms with Crippen LogP contribution in [0.15, 0.2) is 36.5 Å². The first kappa shape index (κ1) is 14.1. The summed E-state index contributed by atoms with van der Waals surface area (Å²) in [5, 5.41) is 2.85. The zero-order chi connectivity index (χ0) is 14.6. The number of halogens is 3. The molecule has 1 aromatic heterocycles. The zero-order valence-corrected chi connectivity index (χ0v) is 10.6. The van der Waals surface area contributed by atoms with Gasteiger partial charge in [-0.2, -0.15) is 18.2 Å². The first-order valence-corrected chi connectivity index (χ1v) is 5.91. The molecule has 0 aliphatic heterocycles. The minimum Gasteiger partial charge on any atom is -0.438 e. The summed E-state index contributed by atoms with van der Waals surface area (Å²) in [6.45, 7) is 2.46. The van der Waals surface area contributed by atoms with Crippen LogP contribution in [-0.2, 0) is 6.18 Å². The third-order valence-electron chi connectivity index (χ3n) is 2.37. The normalized spacial score (nSPS) is 11.2. The van der Waals surface area contributed by atoms with Crippen molar-refractivity contribution < 1.29 is 17.9 Å². The van der Waals surface area contributed by atoms with Crippen LogP contribution in [0.1, 0.15) is 12.5 Å². The Morgan fingerprint density at radius 1 is 1.20 bits per heavy atom. The highest BCUT2D eigenvalue weighted by atomic mass is 19.4. The number of ether oxygens (including phenoxy) is 1. The van der Waals surface area contributed by atoms with Gasteiger partial charge in [0.2, 0.25) is 11.8 Å². The van der Waals surface area contributed by atoms with Gasteiger partial charge in [-0.25, -0.2) is 4.98 Å². The quantitative estimate of drug-likeness (QED) is 0.929. The van der Waals surface area contributed by atoms with Crippen molar-refractivity contribution in [2.75, 3.05) is 11.9 Å². The summed E-state index contributed by atoms with van der Waals surface area (Å²) in [4.78, 5) is 7.89. The van der Waals surface area contributed by atoms with Crippen molar-refractivity contribution in [2.24, 2.45) is 0 Å². The van der Waals surface area contributed by atoms with Gasteiger partial charge in [0.1, 0.15) is 5.75 Å². The van der Waals surface area contributed by atoms with Crippen molar-refractivity contribution in [3.8, 4) is 11.6 Å². The predicted octanol–water partition coefficient (Wildman–Crippen LogP) is 3.72. The minimum absolute atomic E-state index is 0.0488. The molecular formula is C13H12F3N3O. The molecule has 1 heterocycles. The van der Waals surface area contributed by atoms with E-state index in [-0.39, 0.29) is 11.6 Å². The summed E-state index contributed by atoms with van der Waals surface area (Å²) in [5.74, 6) is 0.0586. The van der Waals surface area contributed by atoms with Crippen LogP contribution in [0.4, 0.5) is 19.1 Å². The van der Waals surface area contributed by atoms with E-state index in [1.807, 2.05) is 6.92 Å². The number of hydrogen-bond acceptors (Lipinski definition) is 4. The van der Waals surface area contributed by atoms with Crippen molar-refractivity contribution in [3.05, 3.63) is 42.1 Å². The molecule has 2 rings (SSSR count). The van der Waals surface area contributed by atoms with Crippen LogP contribution in [0.5, 0.6) is 11.6 Å². The van der Waals surface area contributed by atoms with E-state index < -0.39 is 11.7 Å². The topological polar surface area (TPSA) is 47.0 Å². The molecule has 2 aromatic rings. The van der Waals surface area contributed by atoms with Gasteiger partial charge in [-0.1, -0.05) is 12.1 Å². The molecule has 1 aromatic carbocycles. The van der Waals surface area contributed by atoms with E-state index in [0.29, 0.717) is 12.5 Å². The molecule has 0 aliphatic rings. The molecule has 4 nitrogen and oxygen atoms in total. The molecule has 0 fully saturated rings. The summed E-state index contributed by atoms with van der Waals surface area (Å²) in [5.41, 5.74) is -0.844. The Hall–Kier alpha value is -2.31. The molecule has 0 saturated carbocycles. The smallest absolute Gasteiger partial charge is 0.419 e. The van der Waals surface area contributed by atoms with Crippen molar-refractivity contribution >= 4 is 5.95 Å².